The molecular formula is C11H17NO4. The normalized spacial score (nSPS) is 30.4. The van der Waals surface area contributed by atoms with E-state index < -0.39 is 11.9 Å². The molecule has 16 heavy (non-hydrogen) atoms. The van der Waals surface area contributed by atoms with E-state index in [-0.39, 0.29) is 12.0 Å². The molecule has 0 aromatic rings. The van der Waals surface area contributed by atoms with Crippen molar-refractivity contribution in [2.75, 3.05) is 19.7 Å². The Balaban J connectivity index is 1.93. The second-order valence-electron chi connectivity index (χ2n) is 4.46. The van der Waals surface area contributed by atoms with Gasteiger partial charge in [0.05, 0.1) is 5.92 Å². The van der Waals surface area contributed by atoms with Gasteiger partial charge in [-0.1, -0.05) is 0 Å². The minimum absolute atomic E-state index is 0.0246. The van der Waals surface area contributed by atoms with Crippen LogP contribution in [0.4, 0.5) is 0 Å². The molecule has 2 saturated heterocycles. The Labute approximate surface area is 94.4 Å². The summed E-state index contributed by atoms with van der Waals surface area (Å²) in [5, 5.41) is 8.93. The fourth-order valence-corrected chi connectivity index (χ4v) is 2.35. The summed E-state index contributed by atoms with van der Waals surface area (Å²) in [6.07, 6.45) is 2.81. The van der Waals surface area contributed by atoms with Gasteiger partial charge in [-0.3, -0.25) is 9.59 Å². The van der Waals surface area contributed by atoms with Gasteiger partial charge in [0.15, 0.2) is 0 Å². The number of aliphatic carboxylic acids is 1. The molecule has 5 nitrogen and oxygen atoms in total. The lowest BCUT2D eigenvalue weighted by molar-refractivity contribution is -0.149. The van der Waals surface area contributed by atoms with Crippen LogP contribution in [0.2, 0.25) is 0 Å². The topological polar surface area (TPSA) is 66.8 Å². The van der Waals surface area contributed by atoms with Crippen molar-refractivity contribution in [3.05, 3.63) is 0 Å². The van der Waals surface area contributed by atoms with Crippen LogP contribution in [0.25, 0.3) is 0 Å². The maximum absolute atomic E-state index is 12.0. The molecular weight excluding hydrogens is 210 g/mol. The van der Waals surface area contributed by atoms with E-state index in [1.54, 1.807) is 4.90 Å². The SMILES string of the molecule is O=C(O)[C@@H]1CCCN(C(=O)[C@@H]2CCCO2)C1. The number of amides is 1. The predicted molar refractivity (Wildman–Crippen MR) is 55.9 cm³/mol. The summed E-state index contributed by atoms with van der Waals surface area (Å²) in [4.78, 5) is 24.5. The van der Waals surface area contributed by atoms with Gasteiger partial charge in [0.1, 0.15) is 6.10 Å². The van der Waals surface area contributed by atoms with Crippen LogP contribution in [0.15, 0.2) is 0 Å². The first kappa shape index (κ1) is 11.4. The number of carboxylic acids is 1. The average Bonchev–Trinajstić information content (AvgIpc) is 2.81. The highest BCUT2D eigenvalue weighted by molar-refractivity contribution is 5.82. The van der Waals surface area contributed by atoms with Gasteiger partial charge in [-0.05, 0) is 25.7 Å². The van der Waals surface area contributed by atoms with E-state index in [4.69, 9.17) is 9.84 Å². The van der Waals surface area contributed by atoms with Crippen molar-refractivity contribution in [1.29, 1.82) is 0 Å². The number of carboxylic acid groups (broad SMARTS) is 1. The molecule has 0 aromatic carbocycles. The van der Waals surface area contributed by atoms with Crippen molar-refractivity contribution in [2.45, 2.75) is 31.8 Å². The first-order chi connectivity index (χ1) is 7.68. The second kappa shape index (κ2) is 4.82. The highest BCUT2D eigenvalue weighted by atomic mass is 16.5. The van der Waals surface area contributed by atoms with Crippen molar-refractivity contribution in [3.63, 3.8) is 0 Å². The van der Waals surface area contributed by atoms with Gasteiger partial charge >= 0.3 is 5.97 Å². The van der Waals surface area contributed by atoms with E-state index in [9.17, 15) is 9.59 Å². The standard InChI is InChI=1S/C11H17NO4/c13-10(9-4-2-6-16-9)12-5-1-3-8(7-12)11(14)15/h8-9H,1-7H2,(H,14,15)/t8-,9+/m1/s1. The summed E-state index contributed by atoms with van der Waals surface area (Å²) >= 11 is 0. The van der Waals surface area contributed by atoms with E-state index in [0.717, 1.165) is 19.3 Å². The Bertz CT molecular complexity index is 286. The summed E-state index contributed by atoms with van der Waals surface area (Å²) in [5.41, 5.74) is 0. The Morgan fingerprint density at radius 3 is 2.69 bits per heavy atom. The quantitative estimate of drug-likeness (QED) is 0.745. The average molecular weight is 227 g/mol. The minimum Gasteiger partial charge on any atom is -0.481 e. The van der Waals surface area contributed by atoms with Crippen LogP contribution in [0.3, 0.4) is 0 Å². The third-order valence-electron chi connectivity index (χ3n) is 3.29. The van der Waals surface area contributed by atoms with Crippen LogP contribution in [0.5, 0.6) is 0 Å². The molecule has 2 rings (SSSR count). The van der Waals surface area contributed by atoms with Crippen molar-refractivity contribution >= 4 is 11.9 Å². The summed E-state index contributed by atoms with van der Waals surface area (Å²) in [6.45, 7) is 1.66. The number of piperidine rings is 1. The molecule has 0 aliphatic carbocycles. The van der Waals surface area contributed by atoms with Crippen molar-refractivity contribution in [1.82, 2.24) is 4.90 Å². The zero-order chi connectivity index (χ0) is 11.5. The molecule has 2 fully saturated rings. The number of hydrogen-bond acceptors (Lipinski definition) is 3. The number of carbonyl (C=O) groups excluding carboxylic acids is 1. The van der Waals surface area contributed by atoms with Gasteiger partial charge in [-0.15, -0.1) is 0 Å². The zero-order valence-corrected chi connectivity index (χ0v) is 9.22. The Hall–Kier alpha value is -1.10. The van der Waals surface area contributed by atoms with Crippen molar-refractivity contribution < 1.29 is 19.4 Å². The van der Waals surface area contributed by atoms with Gasteiger partial charge in [0, 0.05) is 19.7 Å². The monoisotopic (exact) mass is 227 g/mol. The number of hydrogen-bond donors (Lipinski definition) is 1. The fourth-order valence-electron chi connectivity index (χ4n) is 2.35. The summed E-state index contributed by atoms with van der Waals surface area (Å²) in [7, 11) is 0. The first-order valence-electron chi connectivity index (χ1n) is 5.81. The molecule has 5 heteroatoms. The van der Waals surface area contributed by atoms with Crippen LogP contribution in [0.1, 0.15) is 25.7 Å². The van der Waals surface area contributed by atoms with Crippen molar-refractivity contribution in [3.8, 4) is 0 Å². The minimum atomic E-state index is -0.801. The van der Waals surface area contributed by atoms with E-state index in [2.05, 4.69) is 0 Å². The van der Waals surface area contributed by atoms with E-state index in [1.165, 1.54) is 0 Å². The van der Waals surface area contributed by atoms with Crippen LogP contribution in [-0.2, 0) is 14.3 Å². The molecule has 2 atom stereocenters. The second-order valence-corrected chi connectivity index (χ2v) is 4.46. The molecule has 0 spiro atoms. The van der Waals surface area contributed by atoms with Gasteiger partial charge in [0.25, 0.3) is 5.91 Å². The molecule has 2 aliphatic heterocycles. The van der Waals surface area contributed by atoms with Gasteiger partial charge in [-0.25, -0.2) is 0 Å². The van der Waals surface area contributed by atoms with Gasteiger partial charge in [0.2, 0.25) is 0 Å². The smallest absolute Gasteiger partial charge is 0.308 e. The highest BCUT2D eigenvalue weighted by Crippen LogP contribution is 2.21. The summed E-state index contributed by atoms with van der Waals surface area (Å²) in [5.74, 6) is -1.23. The molecule has 2 aliphatic rings. The highest BCUT2D eigenvalue weighted by Gasteiger charge is 2.33. The number of carbonyl (C=O) groups is 2. The van der Waals surface area contributed by atoms with Crippen LogP contribution < -0.4 is 0 Å². The first-order valence-corrected chi connectivity index (χ1v) is 5.81. The lowest BCUT2D eigenvalue weighted by atomic mass is 9.98. The van der Waals surface area contributed by atoms with E-state index >= 15 is 0 Å². The predicted octanol–water partition coefficient (Wildman–Crippen LogP) is 0.489. The lowest BCUT2D eigenvalue weighted by Crippen LogP contribution is -2.46. The molecule has 2 heterocycles. The molecule has 1 amide bonds. The summed E-state index contributed by atoms with van der Waals surface area (Å²) < 4.78 is 5.33. The third-order valence-corrected chi connectivity index (χ3v) is 3.29. The maximum atomic E-state index is 12.0. The number of likely N-dealkylation sites (tertiary alicyclic amines) is 1. The molecule has 1 N–H and O–H groups in total. The largest absolute Gasteiger partial charge is 0.481 e. The van der Waals surface area contributed by atoms with E-state index in [0.29, 0.717) is 26.1 Å². The fraction of sp³-hybridized carbons (Fsp3) is 0.818. The molecule has 0 bridgehead atoms. The molecule has 0 radical (unpaired) electrons. The van der Waals surface area contributed by atoms with E-state index in [1.807, 2.05) is 0 Å². The molecule has 0 unspecified atom stereocenters. The van der Waals surface area contributed by atoms with Crippen LogP contribution in [0, 0.1) is 5.92 Å². The lowest BCUT2D eigenvalue weighted by Gasteiger charge is -2.32. The zero-order valence-electron chi connectivity index (χ0n) is 9.22. The number of nitrogens with zero attached hydrogens (tertiary/aromatic N) is 1. The Kier molecular flexibility index (Phi) is 3.43. The van der Waals surface area contributed by atoms with Crippen LogP contribution in [-0.4, -0.2) is 47.7 Å². The van der Waals surface area contributed by atoms with Gasteiger partial charge in [-0.2, -0.15) is 0 Å². The van der Waals surface area contributed by atoms with Crippen molar-refractivity contribution in [2.24, 2.45) is 5.92 Å². The molecule has 0 saturated carbocycles. The summed E-state index contributed by atoms with van der Waals surface area (Å²) in [6, 6.07) is 0. The number of ether oxygens (including phenoxy) is 1. The Morgan fingerprint density at radius 1 is 1.25 bits per heavy atom. The molecule has 90 valence electrons. The third kappa shape index (κ3) is 2.35. The molecule has 0 aromatic heterocycles. The van der Waals surface area contributed by atoms with Crippen LogP contribution >= 0.6 is 0 Å². The van der Waals surface area contributed by atoms with Gasteiger partial charge < -0.3 is 14.7 Å². The number of rotatable bonds is 2. The maximum Gasteiger partial charge on any atom is 0.308 e. The Morgan fingerprint density at radius 2 is 2.06 bits per heavy atom.